The van der Waals surface area contributed by atoms with Crippen LogP contribution in [0.1, 0.15) is 45.4 Å². The van der Waals surface area contributed by atoms with E-state index >= 15 is 0 Å². The normalized spacial score (nSPS) is 16.7. The van der Waals surface area contributed by atoms with Gasteiger partial charge in [-0.2, -0.15) is 0 Å². The van der Waals surface area contributed by atoms with E-state index in [4.69, 9.17) is 10.5 Å². The lowest BCUT2D eigenvalue weighted by Gasteiger charge is -2.30. The van der Waals surface area contributed by atoms with Gasteiger partial charge in [-0.05, 0) is 49.9 Å². The fraction of sp³-hybridized carbons (Fsp3) is 0.632. The molecule has 8 heteroatoms. The molecule has 1 aliphatic rings. The van der Waals surface area contributed by atoms with Crippen LogP contribution >= 0.6 is 0 Å². The van der Waals surface area contributed by atoms with Crippen molar-refractivity contribution < 1.29 is 17.9 Å². The topological polar surface area (TPSA) is 111 Å². The number of ether oxygens (including phenoxy) is 1. The van der Waals surface area contributed by atoms with Crippen molar-refractivity contribution in [3.05, 3.63) is 24.3 Å². The fourth-order valence-electron chi connectivity index (χ4n) is 3.45. The zero-order valence-electron chi connectivity index (χ0n) is 15.9. The van der Waals surface area contributed by atoms with Crippen LogP contribution < -0.4 is 20.5 Å². The largest absolute Gasteiger partial charge is 0.494 e. The van der Waals surface area contributed by atoms with Gasteiger partial charge in [-0.25, -0.2) is 13.1 Å². The molecule has 1 amide bonds. The maximum atomic E-state index is 12.3. The predicted molar refractivity (Wildman–Crippen MR) is 105 cm³/mol. The Kier molecular flexibility index (Phi) is 8.53. The number of carbonyl (C=O) groups excluding carboxylic acids is 1. The summed E-state index contributed by atoms with van der Waals surface area (Å²) < 4.78 is 32.4. The number of amides is 1. The molecule has 7 nitrogen and oxygen atoms in total. The summed E-state index contributed by atoms with van der Waals surface area (Å²) in [6.45, 7) is 2.84. The highest BCUT2D eigenvalue weighted by Gasteiger charge is 2.24. The van der Waals surface area contributed by atoms with Gasteiger partial charge in [0.1, 0.15) is 5.75 Å². The summed E-state index contributed by atoms with van der Waals surface area (Å²) >= 11 is 0. The molecule has 0 saturated heterocycles. The molecule has 1 atom stereocenters. The molecule has 0 aliphatic heterocycles. The maximum absolute atomic E-state index is 12.3. The SMILES string of the molecule is CCOc1ccc(S(=O)(=O)NCCC(=O)NC(CN)C2CCCCC2)cc1. The number of hydrogen-bond donors (Lipinski definition) is 3. The van der Waals surface area contributed by atoms with Crippen LogP contribution in [0.25, 0.3) is 0 Å². The van der Waals surface area contributed by atoms with E-state index in [1.807, 2.05) is 6.92 Å². The quantitative estimate of drug-likeness (QED) is 0.557. The summed E-state index contributed by atoms with van der Waals surface area (Å²) in [4.78, 5) is 12.3. The third-order valence-electron chi connectivity index (χ3n) is 4.91. The van der Waals surface area contributed by atoms with Crippen molar-refractivity contribution in [2.24, 2.45) is 11.7 Å². The van der Waals surface area contributed by atoms with E-state index in [9.17, 15) is 13.2 Å². The fourth-order valence-corrected chi connectivity index (χ4v) is 4.48. The van der Waals surface area contributed by atoms with Crippen molar-refractivity contribution in [2.75, 3.05) is 19.7 Å². The van der Waals surface area contributed by atoms with Crippen LogP contribution in [-0.4, -0.2) is 40.1 Å². The van der Waals surface area contributed by atoms with Gasteiger partial charge >= 0.3 is 0 Å². The minimum Gasteiger partial charge on any atom is -0.494 e. The summed E-state index contributed by atoms with van der Waals surface area (Å²) in [5, 5.41) is 2.97. The lowest BCUT2D eigenvalue weighted by molar-refractivity contribution is -0.122. The minimum absolute atomic E-state index is 0.0273. The molecule has 4 N–H and O–H groups in total. The van der Waals surface area contributed by atoms with E-state index in [0.29, 0.717) is 24.8 Å². The molecular formula is C19H31N3O4S. The van der Waals surface area contributed by atoms with Gasteiger partial charge in [0.2, 0.25) is 15.9 Å². The molecule has 1 aromatic rings. The van der Waals surface area contributed by atoms with E-state index in [0.717, 1.165) is 12.8 Å². The summed E-state index contributed by atoms with van der Waals surface area (Å²) in [5.74, 6) is 0.866. The second-order valence-corrected chi connectivity index (χ2v) is 8.63. The Hall–Kier alpha value is -1.64. The third kappa shape index (κ3) is 6.79. The van der Waals surface area contributed by atoms with Crippen LogP contribution in [0.2, 0.25) is 0 Å². The first-order chi connectivity index (χ1) is 13.0. The van der Waals surface area contributed by atoms with Crippen LogP contribution in [-0.2, 0) is 14.8 Å². The smallest absolute Gasteiger partial charge is 0.240 e. The van der Waals surface area contributed by atoms with Crippen molar-refractivity contribution in [3.63, 3.8) is 0 Å². The second-order valence-electron chi connectivity index (χ2n) is 6.86. The van der Waals surface area contributed by atoms with Gasteiger partial charge in [0, 0.05) is 25.6 Å². The van der Waals surface area contributed by atoms with Crippen molar-refractivity contribution in [1.29, 1.82) is 0 Å². The third-order valence-corrected chi connectivity index (χ3v) is 6.39. The Morgan fingerprint density at radius 3 is 2.48 bits per heavy atom. The molecular weight excluding hydrogens is 366 g/mol. The highest BCUT2D eigenvalue weighted by atomic mass is 32.2. The lowest BCUT2D eigenvalue weighted by atomic mass is 9.84. The molecule has 1 unspecified atom stereocenters. The van der Waals surface area contributed by atoms with Gasteiger partial charge in [-0.1, -0.05) is 19.3 Å². The molecule has 1 aliphatic carbocycles. The summed E-state index contributed by atoms with van der Waals surface area (Å²) in [5.41, 5.74) is 5.82. The molecule has 152 valence electrons. The number of rotatable bonds is 10. The predicted octanol–water partition coefficient (Wildman–Crippen LogP) is 1.78. The maximum Gasteiger partial charge on any atom is 0.240 e. The highest BCUT2D eigenvalue weighted by Crippen LogP contribution is 2.26. The molecule has 1 saturated carbocycles. The standard InChI is InChI=1S/C19H31N3O4S/c1-2-26-16-8-10-17(11-9-16)27(24,25)21-13-12-19(23)22-18(14-20)15-6-4-3-5-7-15/h8-11,15,18,21H,2-7,12-14,20H2,1H3,(H,22,23). The first kappa shape index (κ1) is 21.7. The number of nitrogens with one attached hydrogen (secondary N) is 2. The zero-order valence-corrected chi connectivity index (χ0v) is 16.8. The molecule has 0 aromatic heterocycles. The van der Waals surface area contributed by atoms with Crippen molar-refractivity contribution >= 4 is 15.9 Å². The molecule has 2 rings (SSSR count). The number of benzene rings is 1. The summed E-state index contributed by atoms with van der Waals surface area (Å²) in [6, 6.07) is 6.17. The number of nitrogens with two attached hydrogens (primary N) is 1. The molecule has 0 spiro atoms. The van der Waals surface area contributed by atoms with Gasteiger partial charge in [0.15, 0.2) is 0 Å². The van der Waals surface area contributed by atoms with Gasteiger partial charge in [0.25, 0.3) is 0 Å². The van der Waals surface area contributed by atoms with Crippen molar-refractivity contribution in [3.8, 4) is 5.75 Å². The Morgan fingerprint density at radius 2 is 1.89 bits per heavy atom. The average Bonchev–Trinajstić information content (AvgIpc) is 2.67. The summed E-state index contributed by atoms with van der Waals surface area (Å²) in [7, 11) is -3.65. The lowest BCUT2D eigenvalue weighted by Crippen LogP contribution is -2.46. The van der Waals surface area contributed by atoms with Crippen LogP contribution in [0, 0.1) is 5.92 Å². The minimum atomic E-state index is -3.65. The van der Waals surface area contributed by atoms with Gasteiger partial charge in [-0.3, -0.25) is 4.79 Å². The average molecular weight is 398 g/mol. The van der Waals surface area contributed by atoms with E-state index in [-0.39, 0.29) is 29.8 Å². The van der Waals surface area contributed by atoms with Crippen molar-refractivity contribution in [2.45, 2.75) is 56.4 Å². The number of carbonyl (C=O) groups is 1. The highest BCUT2D eigenvalue weighted by molar-refractivity contribution is 7.89. The zero-order chi connectivity index (χ0) is 19.7. The Bertz CT molecular complexity index is 685. The first-order valence-corrected chi connectivity index (χ1v) is 11.2. The van der Waals surface area contributed by atoms with Gasteiger partial charge < -0.3 is 15.8 Å². The van der Waals surface area contributed by atoms with E-state index in [2.05, 4.69) is 10.0 Å². The molecule has 1 fully saturated rings. The molecule has 0 radical (unpaired) electrons. The molecule has 1 aromatic carbocycles. The molecule has 0 heterocycles. The first-order valence-electron chi connectivity index (χ1n) is 9.68. The Balaban J connectivity index is 1.80. The van der Waals surface area contributed by atoms with Crippen molar-refractivity contribution in [1.82, 2.24) is 10.0 Å². The van der Waals surface area contributed by atoms with Crippen LogP contribution in [0.3, 0.4) is 0 Å². The van der Waals surface area contributed by atoms with Gasteiger partial charge in [-0.15, -0.1) is 0 Å². The second kappa shape index (κ2) is 10.6. The molecule has 27 heavy (non-hydrogen) atoms. The molecule has 0 bridgehead atoms. The van der Waals surface area contributed by atoms with E-state index in [1.165, 1.54) is 31.4 Å². The Morgan fingerprint density at radius 1 is 1.22 bits per heavy atom. The monoisotopic (exact) mass is 397 g/mol. The van der Waals surface area contributed by atoms with Gasteiger partial charge in [0.05, 0.1) is 11.5 Å². The Labute approximate surface area is 162 Å². The number of sulfonamides is 1. The van der Waals surface area contributed by atoms with E-state index < -0.39 is 10.0 Å². The van der Waals surface area contributed by atoms with Crippen LogP contribution in [0.4, 0.5) is 0 Å². The number of hydrogen-bond acceptors (Lipinski definition) is 5. The van der Waals surface area contributed by atoms with Crippen LogP contribution in [0.5, 0.6) is 5.75 Å². The van der Waals surface area contributed by atoms with Crippen LogP contribution in [0.15, 0.2) is 29.2 Å². The summed E-state index contributed by atoms with van der Waals surface area (Å²) in [6.07, 6.45) is 5.87. The van der Waals surface area contributed by atoms with E-state index in [1.54, 1.807) is 12.1 Å².